The average molecular weight is 470 g/mol. The van der Waals surface area contributed by atoms with Crippen LogP contribution in [0.3, 0.4) is 0 Å². The Morgan fingerprint density at radius 3 is 2.76 bits per heavy atom. The van der Waals surface area contributed by atoms with Crippen LogP contribution in [0.4, 0.5) is 4.79 Å². The lowest BCUT2D eigenvalue weighted by Gasteiger charge is -2.35. The number of amides is 1. The van der Waals surface area contributed by atoms with Crippen LogP contribution < -0.4 is 16.5 Å². The fourth-order valence-corrected chi connectivity index (χ4v) is 4.23. The second kappa shape index (κ2) is 10.3. The van der Waals surface area contributed by atoms with Crippen LogP contribution in [0.15, 0.2) is 52.5 Å². The van der Waals surface area contributed by atoms with Gasteiger partial charge in [-0.25, -0.2) is 4.79 Å². The normalized spacial score (nSPS) is 21.2. The van der Waals surface area contributed by atoms with Crippen LogP contribution in [0.5, 0.6) is 0 Å². The molecule has 11 heteroatoms. The van der Waals surface area contributed by atoms with Crippen LogP contribution in [-0.4, -0.2) is 76.6 Å². The molecule has 1 amide bonds. The highest BCUT2D eigenvalue weighted by Crippen LogP contribution is 2.23. The van der Waals surface area contributed by atoms with Crippen LogP contribution in [0.2, 0.25) is 0 Å². The molecule has 0 spiro atoms. The molecule has 0 aromatic carbocycles. The number of nitrogens with two attached hydrogens (primary N) is 1. The highest BCUT2D eigenvalue weighted by atomic mass is 16.6. The van der Waals surface area contributed by atoms with E-state index < -0.39 is 5.60 Å². The predicted octanol–water partition coefficient (Wildman–Crippen LogP) is 1.84. The van der Waals surface area contributed by atoms with Gasteiger partial charge in [-0.3, -0.25) is 9.58 Å². The number of nitrogens with one attached hydrogen (secondary N) is 2. The van der Waals surface area contributed by atoms with E-state index in [1.54, 1.807) is 4.90 Å². The second-order valence-electron chi connectivity index (χ2n) is 9.71. The van der Waals surface area contributed by atoms with Gasteiger partial charge in [0.1, 0.15) is 5.60 Å². The molecule has 4 N–H and O–H groups in total. The molecule has 4 heterocycles. The summed E-state index contributed by atoms with van der Waals surface area (Å²) in [5.74, 6) is 5.80. The number of ether oxygens (including phenoxy) is 1. The van der Waals surface area contributed by atoms with Gasteiger partial charge in [-0.05, 0) is 44.9 Å². The molecule has 0 bridgehead atoms. The number of dihydropyridines is 1. The smallest absolute Gasteiger partial charge is 0.410 e. The zero-order chi connectivity index (χ0) is 24.1. The number of fused-ring (bicyclic) bond motifs is 1. The standard InChI is InChI=1S/C23H35N9O2/c1-23(2,3)34-22(33)31-11-9-30(10-12-31)7-4-8-32-16-18(15-26-32)17-13-20-19(25-14-17)5-6-21(27-20)28-29-24/h5-6,13,15-16,20,25,27H,4,7-12,14H2,1-3H3,(H2,24,28). The van der Waals surface area contributed by atoms with E-state index in [4.69, 9.17) is 10.6 Å². The van der Waals surface area contributed by atoms with Gasteiger partial charge >= 0.3 is 6.09 Å². The number of carbonyl (C=O) groups excluding carboxylic acids is 1. The molecule has 3 aliphatic heterocycles. The van der Waals surface area contributed by atoms with Crippen molar-refractivity contribution < 1.29 is 9.53 Å². The Morgan fingerprint density at radius 2 is 2.03 bits per heavy atom. The Hall–Kier alpha value is -3.34. The highest BCUT2D eigenvalue weighted by molar-refractivity contribution is 5.69. The summed E-state index contributed by atoms with van der Waals surface area (Å²) in [4.78, 5) is 16.4. The minimum Gasteiger partial charge on any atom is -0.444 e. The monoisotopic (exact) mass is 469 g/mol. The summed E-state index contributed by atoms with van der Waals surface area (Å²) in [7, 11) is 0. The quantitative estimate of drug-likeness (QED) is 0.330. The van der Waals surface area contributed by atoms with E-state index in [9.17, 15) is 4.79 Å². The molecule has 4 rings (SSSR count). The van der Waals surface area contributed by atoms with E-state index in [-0.39, 0.29) is 12.1 Å². The number of rotatable bonds is 6. The van der Waals surface area contributed by atoms with Gasteiger partial charge in [0.25, 0.3) is 0 Å². The molecular formula is C23H35N9O2. The van der Waals surface area contributed by atoms with Crippen molar-refractivity contribution in [3.05, 3.63) is 47.7 Å². The lowest BCUT2D eigenvalue weighted by Crippen LogP contribution is -2.50. The van der Waals surface area contributed by atoms with Gasteiger partial charge in [0.2, 0.25) is 0 Å². The summed E-state index contributed by atoms with van der Waals surface area (Å²) in [6, 6.07) is 0.0111. The second-order valence-corrected chi connectivity index (χ2v) is 9.71. The number of aryl methyl sites for hydroxylation is 1. The summed E-state index contributed by atoms with van der Waals surface area (Å²) < 4.78 is 7.47. The van der Waals surface area contributed by atoms with Crippen molar-refractivity contribution in [2.45, 2.75) is 45.4 Å². The summed E-state index contributed by atoms with van der Waals surface area (Å²) in [6.07, 6.45) is 10.8. The maximum Gasteiger partial charge on any atom is 0.410 e. The van der Waals surface area contributed by atoms with E-state index in [0.29, 0.717) is 18.9 Å². The predicted molar refractivity (Wildman–Crippen MR) is 129 cm³/mol. The van der Waals surface area contributed by atoms with Crippen LogP contribution in [0.1, 0.15) is 32.8 Å². The largest absolute Gasteiger partial charge is 0.444 e. The third-order valence-electron chi connectivity index (χ3n) is 5.97. The van der Waals surface area contributed by atoms with Crippen LogP contribution >= 0.6 is 0 Å². The first-order chi connectivity index (χ1) is 16.3. The molecule has 1 fully saturated rings. The van der Waals surface area contributed by atoms with Crippen molar-refractivity contribution in [2.24, 2.45) is 16.2 Å². The van der Waals surface area contributed by atoms with Gasteiger partial charge in [-0.15, -0.1) is 5.11 Å². The minimum absolute atomic E-state index is 0.0111. The van der Waals surface area contributed by atoms with Crippen molar-refractivity contribution in [2.75, 3.05) is 39.3 Å². The Balaban J connectivity index is 1.22. The number of aromatic nitrogens is 2. The number of piperazine rings is 1. The third kappa shape index (κ3) is 6.16. The first-order valence-electron chi connectivity index (χ1n) is 11.8. The SMILES string of the molecule is CC(C)(C)OC(=O)N1CCN(CCCn2cc(C3=CC4NC(N=NN)=CC=C4NC3)cn2)CC1. The molecule has 184 valence electrons. The van der Waals surface area contributed by atoms with Crippen LogP contribution in [0.25, 0.3) is 5.57 Å². The molecule has 1 aromatic rings. The molecule has 1 aromatic heterocycles. The fraction of sp³-hybridized carbons (Fsp3) is 0.565. The molecular weight excluding hydrogens is 434 g/mol. The highest BCUT2D eigenvalue weighted by Gasteiger charge is 2.26. The zero-order valence-electron chi connectivity index (χ0n) is 20.2. The van der Waals surface area contributed by atoms with Crippen LogP contribution in [-0.2, 0) is 11.3 Å². The molecule has 1 atom stereocenters. The van der Waals surface area contributed by atoms with Crippen molar-refractivity contribution >= 4 is 11.7 Å². The minimum atomic E-state index is -0.455. The number of carbonyl (C=O) groups is 1. The van der Waals surface area contributed by atoms with Gasteiger partial charge in [-0.2, -0.15) is 5.10 Å². The lowest BCUT2D eigenvalue weighted by atomic mass is 9.99. The van der Waals surface area contributed by atoms with Crippen LogP contribution in [0, 0.1) is 0 Å². The van der Waals surface area contributed by atoms with Crippen molar-refractivity contribution in [1.29, 1.82) is 0 Å². The number of nitrogens with zero attached hydrogens (tertiary/aromatic N) is 6. The molecule has 1 unspecified atom stereocenters. The van der Waals surface area contributed by atoms with Crippen molar-refractivity contribution in [1.82, 2.24) is 30.2 Å². The maximum atomic E-state index is 12.2. The van der Waals surface area contributed by atoms with Gasteiger partial charge in [-0.1, -0.05) is 11.3 Å². The summed E-state index contributed by atoms with van der Waals surface area (Å²) >= 11 is 0. The molecule has 0 radical (unpaired) electrons. The molecule has 0 aliphatic carbocycles. The lowest BCUT2D eigenvalue weighted by molar-refractivity contribution is 0.0143. The number of hydrogen-bond acceptors (Lipinski definition) is 8. The molecule has 34 heavy (non-hydrogen) atoms. The zero-order valence-corrected chi connectivity index (χ0v) is 20.2. The van der Waals surface area contributed by atoms with Crippen molar-refractivity contribution in [3.8, 4) is 0 Å². The van der Waals surface area contributed by atoms with Gasteiger partial charge < -0.3 is 26.1 Å². The van der Waals surface area contributed by atoms with E-state index in [0.717, 1.165) is 50.4 Å². The Labute approximate surface area is 200 Å². The number of hydrogen-bond donors (Lipinski definition) is 3. The summed E-state index contributed by atoms with van der Waals surface area (Å²) in [6.45, 7) is 11.4. The van der Waals surface area contributed by atoms with Gasteiger partial charge in [0.15, 0.2) is 5.82 Å². The van der Waals surface area contributed by atoms with E-state index >= 15 is 0 Å². The summed E-state index contributed by atoms with van der Waals surface area (Å²) in [5, 5.41) is 18.5. The molecule has 11 nitrogen and oxygen atoms in total. The first kappa shape index (κ1) is 23.8. The first-order valence-corrected chi connectivity index (χ1v) is 11.8. The fourth-order valence-electron chi connectivity index (χ4n) is 4.23. The number of allylic oxidation sites excluding steroid dienone is 2. The molecule has 3 aliphatic rings. The Bertz CT molecular complexity index is 994. The molecule has 0 saturated carbocycles. The Morgan fingerprint density at radius 1 is 1.24 bits per heavy atom. The van der Waals surface area contributed by atoms with E-state index in [1.807, 2.05) is 43.8 Å². The van der Waals surface area contributed by atoms with E-state index in [1.165, 1.54) is 5.57 Å². The van der Waals surface area contributed by atoms with E-state index in [2.05, 4.69) is 43.2 Å². The van der Waals surface area contributed by atoms with Gasteiger partial charge in [0, 0.05) is 63.3 Å². The average Bonchev–Trinajstić information content (AvgIpc) is 3.27. The molecule has 1 saturated heterocycles. The Kier molecular flexibility index (Phi) is 7.20. The third-order valence-corrected chi connectivity index (χ3v) is 5.97. The van der Waals surface area contributed by atoms with Gasteiger partial charge in [0.05, 0.1) is 12.2 Å². The van der Waals surface area contributed by atoms with Crippen molar-refractivity contribution in [3.63, 3.8) is 0 Å². The summed E-state index contributed by atoms with van der Waals surface area (Å²) in [5.41, 5.74) is 2.93. The topological polar surface area (TPSA) is 125 Å². The maximum absolute atomic E-state index is 12.2.